The molecule has 2 rings (SSSR count). The van der Waals surface area contributed by atoms with E-state index in [0.29, 0.717) is 6.61 Å². The van der Waals surface area contributed by atoms with Crippen LogP contribution in [-0.2, 0) is 0 Å². The van der Waals surface area contributed by atoms with Crippen molar-refractivity contribution in [3.05, 3.63) is 65.5 Å². The molecule has 2 nitrogen and oxygen atoms in total. The minimum absolute atomic E-state index is 0.181. The quantitative estimate of drug-likeness (QED) is 0.822. The van der Waals surface area contributed by atoms with Gasteiger partial charge in [0.15, 0.2) is 0 Å². The smallest absolute Gasteiger partial charge is 0.123 e. The van der Waals surface area contributed by atoms with Crippen LogP contribution in [0.5, 0.6) is 5.75 Å². The van der Waals surface area contributed by atoms with Crippen molar-refractivity contribution in [1.82, 2.24) is 5.32 Å². The van der Waals surface area contributed by atoms with Crippen molar-refractivity contribution >= 4 is 0 Å². The average Bonchev–Trinajstić information content (AvgIpc) is 2.47. The lowest BCUT2D eigenvalue weighted by Gasteiger charge is -2.18. The lowest BCUT2D eigenvalue weighted by Crippen LogP contribution is -2.22. The first-order valence-electron chi connectivity index (χ1n) is 7.37. The van der Waals surface area contributed by atoms with Gasteiger partial charge in [-0.1, -0.05) is 31.2 Å². The van der Waals surface area contributed by atoms with Crippen LogP contribution in [0.1, 0.15) is 30.5 Å². The third-order valence-electron chi connectivity index (χ3n) is 3.39. The fourth-order valence-corrected chi connectivity index (χ4v) is 2.33. The monoisotopic (exact) mass is 287 g/mol. The number of nitrogens with one attached hydrogen (secondary N) is 1. The molecule has 0 amide bonds. The highest BCUT2D eigenvalue weighted by atomic mass is 19.1. The van der Waals surface area contributed by atoms with E-state index in [4.69, 9.17) is 4.74 Å². The number of benzene rings is 2. The molecule has 0 bridgehead atoms. The summed E-state index contributed by atoms with van der Waals surface area (Å²) in [6, 6.07) is 14.9. The zero-order chi connectivity index (χ0) is 15.1. The summed E-state index contributed by atoms with van der Waals surface area (Å²) in [4.78, 5) is 0. The van der Waals surface area contributed by atoms with Gasteiger partial charge >= 0.3 is 0 Å². The van der Waals surface area contributed by atoms with E-state index in [9.17, 15) is 4.39 Å². The summed E-state index contributed by atoms with van der Waals surface area (Å²) in [6.45, 7) is 5.61. The number of ether oxygens (including phenoxy) is 1. The van der Waals surface area contributed by atoms with Crippen molar-refractivity contribution in [3.63, 3.8) is 0 Å². The predicted molar refractivity (Wildman–Crippen MR) is 84.1 cm³/mol. The van der Waals surface area contributed by atoms with E-state index < -0.39 is 0 Å². The van der Waals surface area contributed by atoms with Crippen LogP contribution in [-0.4, -0.2) is 13.2 Å². The van der Waals surface area contributed by atoms with Crippen LogP contribution in [0.25, 0.3) is 0 Å². The molecule has 0 spiro atoms. The molecular formula is C18H22FNO. The molecule has 0 radical (unpaired) electrons. The number of rotatable bonds is 7. The molecule has 112 valence electrons. The molecule has 21 heavy (non-hydrogen) atoms. The van der Waals surface area contributed by atoms with Gasteiger partial charge in [0.25, 0.3) is 0 Å². The molecule has 1 N–H and O–H groups in total. The lowest BCUT2D eigenvalue weighted by molar-refractivity contribution is 0.287. The Morgan fingerprint density at radius 2 is 1.90 bits per heavy atom. The first-order valence-corrected chi connectivity index (χ1v) is 7.37. The van der Waals surface area contributed by atoms with E-state index in [-0.39, 0.29) is 11.9 Å². The second-order valence-corrected chi connectivity index (χ2v) is 5.12. The first-order chi connectivity index (χ1) is 10.2. The molecule has 2 aromatic carbocycles. The van der Waals surface area contributed by atoms with Crippen LogP contribution in [0.3, 0.4) is 0 Å². The van der Waals surface area contributed by atoms with E-state index in [0.717, 1.165) is 24.3 Å². The summed E-state index contributed by atoms with van der Waals surface area (Å²) >= 11 is 0. The van der Waals surface area contributed by atoms with Crippen molar-refractivity contribution in [1.29, 1.82) is 0 Å². The summed E-state index contributed by atoms with van der Waals surface area (Å²) < 4.78 is 18.8. The molecule has 0 aliphatic carbocycles. The molecule has 1 atom stereocenters. The zero-order valence-electron chi connectivity index (χ0n) is 12.6. The molecule has 0 heterocycles. The second-order valence-electron chi connectivity index (χ2n) is 5.12. The molecule has 0 aliphatic rings. The summed E-state index contributed by atoms with van der Waals surface area (Å²) in [5, 5.41) is 3.41. The fraction of sp³-hybridized carbons (Fsp3) is 0.333. The average molecular weight is 287 g/mol. The third-order valence-corrected chi connectivity index (χ3v) is 3.39. The highest BCUT2D eigenvalue weighted by molar-refractivity contribution is 5.27. The van der Waals surface area contributed by atoms with Crippen LogP contribution >= 0.6 is 0 Å². The van der Waals surface area contributed by atoms with Crippen LogP contribution < -0.4 is 10.1 Å². The van der Waals surface area contributed by atoms with Gasteiger partial charge in [-0.15, -0.1) is 0 Å². The maximum Gasteiger partial charge on any atom is 0.123 e. The van der Waals surface area contributed by atoms with Gasteiger partial charge in [-0.25, -0.2) is 4.39 Å². The van der Waals surface area contributed by atoms with Gasteiger partial charge in [-0.05, 0) is 48.9 Å². The SMILES string of the molecule is CCNC(CCOc1cccc(C)c1)c1ccc(F)cc1. The van der Waals surface area contributed by atoms with Crippen LogP contribution in [0.4, 0.5) is 4.39 Å². The molecule has 1 unspecified atom stereocenters. The summed E-state index contributed by atoms with van der Waals surface area (Å²) in [5.74, 6) is 0.689. The van der Waals surface area contributed by atoms with E-state index in [1.165, 1.54) is 17.7 Å². The standard InChI is InChI=1S/C18H22FNO/c1-3-20-18(15-7-9-16(19)10-8-15)11-12-21-17-6-4-5-14(2)13-17/h4-10,13,18,20H,3,11-12H2,1-2H3. The van der Waals surface area contributed by atoms with E-state index in [1.54, 1.807) is 0 Å². The molecule has 0 aliphatic heterocycles. The van der Waals surface area contributed by atoms with Crippen LogP contribution in [0.2, 0.25) is 0 Å². The maximum absolute atomic E-state index is 13.0. The summed E-state index contributed by atoms with van der Waals surface area (Å²) in [6.07, 6.45) is 0.841. The van der Waals surface area contributed by atoms with Gasteiger partial charge in [0.05, 0.1) is 6.61 Å². The second kappa shape index (κ2) is 7.79. The number of aryl methyl sites for hydroxylation is 1. The van der Waals surface area contributed by atoms with Gasteiger partial charge in [0, 0.05) is 12.5 Å². The largest absolute Gasteiger partial charge is 0.494 e. The molecular weight excluding hydrogens is 265 g/mol. The van der Waals surface area contributed by atoms with Gasteiger partial charge in [0.1, 0.15) is 11.6 Å². The maximum atomic E-state index is 13.0. The minimum Gasteiger partial charge on any atom is -0.494 e. The number of halogens is 1. The first kappa shape index (κ1) is 15.5. The van der Waals surface area contributed by atoms with E-state index in [2.05, 4.69) is 12.2 Å². The summed E-state index contributed by atoms with van der Waals surface area (Å²) in [5.41, 5.74) is 2.28. The Hall–Kier alpha value is -1.87. The third kappa shape index (κ3) is 4.87. The Kier molecular flexibility index (Phi) is 5.76. The Labute approximate surface area is 126 Å². The van der Waals surface area contributed by atoms with E-state index >= 15 is 0 Å². The van der Waals surface area contributed by atoms with Crippen LogP contribution in [0, 0.1) is 12.7 Å². The Balaban J connectivity index is 1.92. The molecule has 0 saturated heterocycles. The van der Waals surface area contributed by atoms with E-state index in [1.807, 2.05) is 43.3 Å². The van der Waals surface area contributed by atoms with Crippen molar-refractivity contribution in [3.8, 4) is 5.75 Å². The normalized spacial score (nSPS) is 12.1. The molecule has 0 saturated carbocycles. The highest BCUT2D eigenvalue weighted by Crippen LogP contribution is 2.19. The molecule has 3 heteroatoms. The van der Waals surface area contributed by atoms with Crippen molar-refractivity contribution in [2.75, 3.05) is 13.2 Å². The number of hydrogen-bond acceptors (Lipinski definition) is 2. The zero-order valence-corrected chi connectivity index (χ0v) is 12.6. The molecule has 0 fully saturated rings. The van der Waals surface area contributed by atoms with Crippen molar-refractivity contribution < 1.29 is 9.13 Å². The van der Waals surface area contributed by atoms with Crippen LogP contribution in [0.15, 0.2) is 48.5 Å². The predicted octanol–water partition coefficient (Wildman–Crippen LogP) is 4.25. The minimum atomic E-state index is -0.204. The molecule has 0 aromatic heterocycles. The van der Waals surface area contributed by atoms with Crippen molar-refractivity contribution in [2.24, 2.45) is 0 Å². The molecule has 2 aromatic rings. The number of hydrogen-bond donors (Lipinski definition) is 1. The van der Waals surface area contributed by atoms with Gasteiger partial charge in [-0.2, -0.15) is 0 Å². The Bertz CT molecular complexity index is 553. The Morgan fingerprint density at radius 1 is 1.14 bits per heavy atom. The van der Waals surface area contributed by atoms with Gasteiger partial charge in [0.2, 0.25) is 0 Å². The van der Waals surface area contributed by atoms with Gasteiger partial charge < -0.3 is 10.1 Å². The highest BCUT2D eigenvalue weighted by Gasteiger charge is 2.10. The van der Waals surface area contributed by atoms with Crippen molar-refractivity contribution in [2.45, 2.75) is 26.3 Å². The summed E-state index contributed by atoms with van der Waals surface area (Å²) in [7, 11) is 0. The Morgan fingerprint density at radius 3 is 2.57 bits per heavy atom. The topological polar surface area (TPSA) is 21.3 Å². The van der Waals surface area contributed by atoms with Gasteiger partial charge in [-0.3, -0.25) is 0 Å². The fourth-order valence-electron chi connectivity index (χ4n) is 2.33. The lowest BCUT2D eigenvalue weighted by atomic mass is 10.0.